The summed E-state index contributed by atoms with van der Waals surface area (Å²) in [5.41, 5.74) is 4.26. The van der Waals surface area contributed by atoms with E-state index in [0.717, 1.165) is 35.4 Å². The van der Waals surface area contributed by atoms with E-state index < -0.39 is 0 Å². The maximum absolute atomic E-state index is 13.1. The monoisotopic (exact) mass is 328 g/mol. The molecule has 0 aliphatic heterocycles. The molecule has 130 valence electrons. The summed E-state index contributed by atoms with van der Waals surface area (Å²) in [5, 5.41) is 7.81. The Hall–Kier alpha value is -2.17. The first kappa shape index (κ1) is 18.2. The van der Waals surface area contributed by atoms with Crippen molar-refractivity contribution in [3.63, 3.8) is 0 Å². The predicted octanol–water partition coefficient (Wildman–Crippen LogP) is 3.94. The van der Waals surface area contributed by atoms with Crippen molar-refractivity contribution in [3.05, 3.63) is 40.0 Å². The average Bonchev–Trinajstić information content (AvgIpc) is 3.14. The summed E-state index contributed by atoms with van der Waals surface area (Å²) in [5.74, 6) is 0.602. The number of aromatic nitrogens is 2. The Morgan fingerprint density at radius 3 is 2.42 bits per heavy atom. The minimum atomic E-state index is -0.110. The van der Waals surface area contributed by atoms with Crippen LogP contribution in [0.1, 0.15) is 63.1 Å². The van der Waals surface area contributed by atoms with E-state index in [9.17, 15) is 4.79 Å². The van der Waals surface area contributed by atoms with Crippen molar-refractivity contribution in [2.24, 2.45) is 4.99 Å². The lowest BCUT2D eigenvalue weighted by Crippen LogP contribution is -2.29. The van der Waals surface area contributed by atoms with Gasteiger partial charge in [0.25, 0.3) is 5.91 Å². The molecule has 1 aliphatic rings. The summed E-state index contributed by atoms with van der Waals surface area (Å²) in [4.78, 5) is 17.3. The van der Waals surface area contributed by atoms with Crippen molar-refractivity contribution >= 4 is 12.6 Å². The fourth-order valence-corrected chi connectivity index (χ4v) is 2.86. The van der Waals surface area contributed by atoms with Gasteiger partial charge in [0, 0.05) is 22.4 Å². The standard InChI is InChI=1S/C19H28N4O/c1-8-15(17(20-7)21-19(6)9-10-19)16(12(2)3)18(24)23-14(5)11-13(4)22-23/h11,21H,7-10H2,1-6H3/b17-15-. The number of allylic oxidation sites excluding steroid dienone is 3. The van der Waals surface area contributed by atoms with Gasteiger partial charge in [0.1, 0.15) is 5.82 Å². The topological polar surface area (TPSA) is 59.3 Å². The Morgan fingerprint density at radius 1 is 1.42 bits per heavy atom. The Bertz CT molecular complexity index is 729. The Balaban J connectivity index is 2.52. The third-order valence-corrected chi connectivity index (χ3v) is 4.44. The van der Waals surface area contributed by atoms with Crippen LogP contribution in [0.3, 0.4) is 0 Å². The summed E-state index contributed by atoms with van der Waals surface area (Å²) in [7, 11) is 0. The highest BCUT2D eigenvalue weighted by molar-refractivity contribution is 6.00. The summed E-state index contributed by atoms with van der Waals surface area (Å²) in [6.07, 6.45) is 2.92. The molecule has 0 amide bonds. The predicted molar refractivity (Wildman–Crippen MR) is 98.3 cm³/mol. The van der Waals surface area contributed by atoms with E-state index in [4.69, 9.17) is 0 Å². The molecular formula is C19H28N4O. The van der Waals surface area contributed by atoms with Crippen LogP contribution in [-0.4, -0.2) is 27.9 Å². The number of carbonyl (C=O) groups excluding carboxylic acids is 1. The van der Waals surface area contributed by atoms with Gasteiger partial charge in [-0.1, -0.05) is 12.5 Å². The van der Waals surface area contributed by atoms with E-state index >= 15 is 0 Å². The molecule has 1 saturated carbocycles. The van der Waals surface area contributed by atoms with Gasteiger partial charge in [-0.3, -0.25) is 4.79 Å². The molecule has 1 aromatic rings. The van der Waals surface area contributed by atoms with Crippen LogP contribution in [0.25, 0.3) is 0 Å². The van der Waals surface area contributed by atoms with Crippen molar-refractivity contribution in [2.45, 2.75) is 66.3 Å². The lowest BCUT2D eigenvalue weighted by molar-refractivity contribution is 0.0938. The molecule has 0 bridgehead atoms. The third-order valence-electron chi connectivity index (χ3n) is 4.44. The lowest BCUT2D eigenvalue weighted by Gasteiger charge is -2.20. The number of aryl methyl sites for hydroxylation is 2. The second-order valence-corrected chi connectivity index (χ2v) is 7.04. The minimum Gasteiger partial charge on any atom is -0.365 e. The number of hydrogen-bond donors (Lipinski definition) is 1. The molecule has 1 aliphatic carbocycles. The highest BCUT2D eigenvalue weighted by atomic mass is 16.2. The van der Waals surface area contributed by atoms with E-state index in [2.05, 4.69) is 29.0 Å². The van der Waals surface area contributed by atoms with Crippen molar-refractivity contribution in [2.75, 3.05) is 0 Å². The fraction of sp³-hybridized carbons (Fsp3) is 0.526. The fourth-order valence-electron chi connectivity index (χ4n) is 2.86. The molecule has 1 heterocycles. The van der Waals surface area contributed by atoms with Crippen molar-refractivity contribution in [1.29, 1.82) is 0 Å². The number of rotatable bonds is 6. The zero-order valence-electron chi connectivity index (χ0n) is 15.7. The number of nitrogens with one attached hydrogen (secondary N) is 1. The zero-order valence-corrected chi connectivity index (χ0v) is 15.7. The van der Waals surface area contributed by atoms with Gasteiger partial charge in [-0.05, 0) is 66.7 Å². The highest BCUT2D eigenvalue weighted by Gasteiger charge is 2.38. The quantitative estimate of drug-likeness (QED) is 0.489. The van der Waals surface area contributed by atoms with Gasteiger partial charge in [0.2, 0.25) is 0 Å². The molecule has 0 atom stereocenters. The van der Waals surface area contributed by atoms with Gasteiger partial charge in [-0.15, -0.1) is 0 Å². The average molecular weight is 328 g/mol. The van der Waals surface area contributed by atoms with Crippen LogP contribution in [0.15, 0.2) is 33.6 Å². The van der Waals surface area contributed by atoms with Crippen LogP contribution in [0.2, 0.25) is 0 Å². The molecular weight excluding hydrogens is 300 g/mol. The van der Waals surface area contributed by atoms with Gasteiger partial charge < -0.3 is 5.32 Å². The van der Waals surface area contributed by atoms with Crippen LogP contribution in [0.4, 0.5) is 0 Å². The molecule has 24 heavy (non-hydrogen) atoms. The van der Waals surface area contributed by atoms with Gasteiger partial charge in [-0.2, -0.15) is 5.10 Å². The molecule has 0 saturated heterocycles. The molecule has 1 aromatic heterocycles. The summed E-state index contributed by atoms with van der Waals surface area (Å²) in [6.45, 7) is 15.6. The summed E-state index contributed by atoms with van der Waals surface area (Å²) in [6, 6.07) is 1.91. The molecule has 5 nitrogen and oxygen atoms in total. The molecule has 1 fully saturated rings. The molecule has 2 rings (SSSR count). The first-order chi connectivity index (χ1) is 11.2. The van der Waals surface area contributed by atoms with Crippen LogP contribution < -0.4 is 5.32 Å². The van der Waals surface area contributed by atoms with E-state index in [0.29, 0.717) is 17.8 Å². The smallest absolute Gasteiger partial charge is 0.278 e. The van der Waals surface area contributed by atoms with Crippen molar-refractivity contribution < 1.29 is 4.79 Å². The van der Waals surface area contributed by atoms with Crippen LogP contribution in [-0.2, 0) is 0 Å². The minimum absolute atomic E-state index is 0.0744. The second-order valence-electron chi connectivity index (χ2n) is 7.04. The zero-order chi connectivity index (χ0) is 18.1. The maximum Gasteiger partial charge on any atom is 0.278 e. The van der Waals surface area contributed by atoms with E-state index in [-0.39, 0.29) is 11.4 Å². The third kappa shape index (κ3) is 3.66. The number of aliphatic imine (C=N–C) groups is 1. The molecule has 1 N–H and O–H groups in total. The van der Waals surface area contributed by atoms with Crippen molar-refractivity contribution in [3.8, 4) is 0 Å². The Morgan fingerprint density at radius 2 is 2.04 bits per heavy atom. The maximum atomic E-state index is 13.1. The summed E-state index contributed by atoms with van der Waals surface area (Å²) >= 11 is 0. The van der Waals surface area contributed by atoms with Crippen LogP contribution >= 0.6 is 0 Å². The number of hydrogen-bond acceptors (Lipinski definition) is 4. The Kier molecular flexibility index (Phi) is 5.11. The van der Waals surface area contributed by atoms with Gasteiger partial charge >= 0.3 is 0 Å². The Labute approximate surface area is 144 Å². The molecule has 0 radical (unpaired) electrons. The van der Waals surface area contributed by atoms with Crippen molar-refractivity contribution in [1.82, 2.24) is 15.1 Å². The van der Waals surface area contributed by atoms with E-state index in [1.54, 1.807) is 0 Å². The van der Waals surface area contributed by atoms with E-state index in [1.807, 2.05) is 40.7 Å². The second kappa shape index (κ2) is 6.75. The number of carbonyl (C=O) groups is 1. The molecule has 0 aromatic carbocycles. The SMILES string of the molecule is C=N/C(NC1(C)CC1)=C(\CC)C(C(=O)n1nc(C)cc1C)=C(C)C. The van der Waals surface area contributed by atoms with Gasteiger partial charge in [0.15, 0.2) is 0 Å². The van der Waals surface area contributed by atoms with Crippen LogP contribution in [0, 0.1) is 13.8 Å². The lowest BCUT2D eigenvalue weighted by atomic mass is 9.97. The largest absolute Gasteiger partial charge is 0.365 e. The first-order valence-corrected chi connectivity index (χ1v) is 8.46. The van der Waals surface area contributed by atoms with Crippen LogP contribution in [0.5, 0.6) is 0 Å². The normalized spacial score (nSPS) is 16.2. The molecule has 0 unspecified atom stereocenters. The van der Waals surface area contributed by atoms with E-state index in [1.165, 1.54) is 4.68 Å². The summed E-state index contributed by atoms with van der Waals surface area (Å²) < 4.78 is 1.48. The van der Waals surface area contributed by atoms with Gasteiger partial charge in [0.05, 0.1) is 5.69 Å². The van der Waals surface area contributed by atoms with Gasteiger partial charge in [-0.25, -0.2) is 9.67 Å². The molecule has 0 spiro atoms. The first-order valence-electron chi connectivity index (χ1n) is 8.46. The molecule has 5 heteroatoms. The highest BCUT2D eigenvalue weighted by Crippen LogP contribution is 2.36. The number of nitrogens with zero attached hydrogens (tertiary/aromatic N) is 3.